The van der Waals surface area contributed by atoms with Crippen LogP contribution in [0.5, 0.6) is 11.5 Å². The molecule has 4 rings (SSSR count). The number of carbonyl (C=O) groups is 3. The molecule has 3 atom stereocenters. The van der Waals surface area contributed by atoms with Gasteiger partial charge in [-0.25, -0.2) is 8.78 Å². The van der Waals surface area contributed by atoms with Crippen LogP contribution in [0.4, 0.5) is 8.78 Å². The number of hydrogen-bond acceptors (Lipinski definition) is 5. The zero-order valence-electron chi connectivity index (χ0n) is 23.2. The van der Waals surface area contributed by atoms with E-state index in [0.29, 0.717) is 29.9 Å². The minimum atomic E-state index is -3.01. The van der Waals surface area contributed by atoms with Crippen molar-refractivity contribution in [3.63, 3.8) is 0 Å². The molecule has 0 unspecified atom stereocenters. The average Bonchev–Trinajstić information content (AvgIpc) is 2.93. The Balaban J connectivity index is 1.66. The van der Waals surface area contributed by atoms with E-state index < -0.39 is 48.5 Å². The summed E-state index contributed by atoms with van der Waals surface area (Å²) in [6.07, 6.45) is 0.161. The molecule has 3 N–H and O–H groups in total. The molecule has 6 nitrogen and oxygen atoms in total. The highest BCUT2D eigenvalue weighted by molar-refractivity contribution is 5.93. The second kappa shape index (κ2) is 13.6. The van der Waals surface area contributed by atoms with Gasteiger partial charge in [-0.15, -0.1) is 0 Å². The third-order valence-electron chi connectivity index (χ3n) is 7.30. The molecule has 0 radical (unpaired) electrons. The maximum absolute atomic E-state index is 13.6. The normalized spacial score (nSPS) is 20.1. The fourth-order valence-corrected chi connectivity index (χ4v) is 4.97. The van der Waals surface area contributed by atoms with Crippen molar-refractivity contribution in [3.05, 3.63) is 95.6 Å². The van der Waals surface area contributed by atoms with Gasteiger partial charge in [-0.1, -0.05) is 54.6 Å². The topological polar surface area (TPSA) is 98.5 Å². The van der Waals surface area contributed by atoms with Gasteiger partial charge in [0.25, 0.3) is 0 Å². The first-order valence-corrected chi connectivity index (χ1v) is 13.9. The molecule has 1 heterocycles. The highest BCUT2D eigenvalue weighted by Gasteiger charge is 2.31. The Morgan fingerprint density at radius 3 is 2.20 bits per heavy atom. The summed E-state index contributed by atoms with van der Waals surface area (Å²) in [5, 5.41) is 2.80. The molecule has 3 aromatic carbocycles. The van der Waals surface area contributed by atoms with Crippen LogP contribution in [0.2, 0.25) is 0 Å². The SMILES string of the molecule is CC(F)(F)CCC(=O)[C@@H]1Cc2cccc(c2)Oc2cccc(c2)C[C@H](N)C(=O)C[C@@H](CCc2ccccc2)C(=O)N1. The fraction of sp³-hybridized carbons (Fsp3) is 0.364. The van der Waals surface area contributed by atoms with Crippen LogP contribution in [0.25, 0.3) is 0 Å². The van der Waals surface area contributed by atoms with Crippen LogP contribution in [0.3, 0.4) is 0 Å². The Hall–Kier alpha value is -3.91. The first kappa shape index (κ1) is 30.1. The zero-order valence-corrected chi connectivity index (χ0v) is 23.2. The van der Waals surface area contributed by atoms with Gasteiger partial charge in [-0.3, -0.25) is 14.4 Å². The van der Waals surface area contributed by atoms with E-state index in [0.717, 1.165) is 18.1 Å². The second-order valence-corrected chi connectivity index (χ2v) is 10.9. The number of halogens is 2. The van der Waals surface area contributed by atoms with E-state index in [1.54, 1.807) is 30.3 Å². The highest BCUT2D eigenvalue weighted by Crippen LogP contribution is 2.26. The fourth-order valence-electron chi connectivity index (χ4n) is 4.97. The Morgan fingerprint density at radius 1 is 0.927 bits per heavy atom. The highest BCUT2D eigenvalue weighted by atomic mass is 19.3. The van der Waals surface area contributed by atoms with Crippen molar-refractivity contribution in [2.24, 2.45) is 11.7 Å². The second-order valence-electron chi connectivity index (χ2n) is 10.9. The van der Waals surface area contributed by atoms with Crippen LogP contribution in [0.15, 0.2) is 78.9 Å². The number of ketones is 2. The predicted molar refractivity (Wildman–Crippen MR) is 153 cm³/mol. The smallest absolute Gasteiger partial charge is 0.245 e. The van der Waals surface area contributed by atoms with Crippen molar-refractivity contribution < 1.29 is 27.9 Å². The van der Waals surface area contributed by atoms with Crippen molar-refractivity contribution in [1.29, 1.82) is 0 Å². The molecule has 41 heavy (non-hydrogen) atoms. The van der Waals surface area contributed by atoms with Gasteiger partial charge >= 0.3 is 0 Å². The number of aryl methyl sites for hydroxylation is 1. The Bertz CT molecular complexity index is 1360. The standard InChI is InChI=1S/C33H36F2N2O4/c1-33(34,35)16-15-30(38)29-20-24-10-6-12-27(18-24)41-26-11-5-9-23(17-26)19-28(36)31(39)21-25(32(40)37-29)14-13-22-7-3-2-4-8-22/h2-12,17-18,25,28-29H,13-16,19-21,36H2,1H3,(H,37,40)/t25-,28+,29+/m1/s1. The van der Waals surface area contributed by atoms with E-state index in [1.807, 2.05) is 48.5 Å². The Labute approximate surface area is 239 Å². The molecule has 8 heteroatoms. The molecule has 0 aliphatic carbocycles. The van der Waals surface area contributed by atoms with Crippen molar-refractivity contribution in [1.82, 2.24) is 5.32 Å². The number of amides is 1. The summed E-state index contributed by atoms with van der Waals surface area (Å²) < 4.78 is 33.2. The maximum Gasteiger partial charge on any atom is 0.245 e. The zero-order chi connectivity index (χ0) is 29.4. The lowest BCUT2D eigenvalue weighted by molar-refractivity contribution is -0.133. The minimum Gasteiger partial charge on any atom is -0.457 e. The number of rotatable bonds is 7. The molecule has 0 saturated heterocycles. The predicted octanol–water partition coefficient (Wildman–Crippen LogP) is 5.60. The lowest BCUT2D eigenvalue weighted by Crippen LogP contribution is -2.46. The lowest BCUT2D eigenvalue weighted by Gasteiger charge is -2.24. The molecule has 4 bridgehead atoms. The number of nitrogens with two attached hydrogens (primary N) is 1. The molecule has 0 saturated carbocycles. The number of hydrogen-bond donors (Lipinski definition) is 2. The number of Topliss-reactive ketones (excluding diaryl/α,β-unsaturated/α-hetero) is 2. The lowest BCUT2D eigenvalue weighted by atomic mass is 9.89. The summed E-state index contributed by atoms with van der Waals surface area (Å²) in [5.74, 6) is -3.90. The van der Waals surface area contributed by atoms with Gasteiger partial charge in [0, 0.05) is 25.2 Å². The number of carbonyl (C=O) groups excluding carboxylic acids is 3. The van der Waals surface area contributed by atoms with E-state index in [4.69, 9.17) is 10.5 Å². The Kier molecular flexibility index (Phi) is 10.00. The number of alkyl halides is 2. The summed E-state index contributed by atoms with van der Waals surface area (Å²) in [4.78, 5) is 40.1. The third-order valence-corrected chi connectivity index (χ3v) is 7.30. The molecule has 3 aromatic rings. The largest absolute Gasteiger partial charge is 0.457 e. The van der Waals surface area contributed by atoms with E-state index >= 15 is 0 Å². The van der Waals surface area contributed by atoms with Crippen molar-refractivity contribution in [3.8, 4) is 11.5 Å². The van der Waals surface area contributed by atoms with Crippen molar-refractivity contribution in [2.45, 2.75) is 69.9 Å². The van der Waals surface area contributed by atoms with E-state index in [1.165, 1.54) is 0 Å². The van der Waals surface area contributed by atoms with Crippen LogP contribution in [-0.4, -0.2) is 35.5 Å². The monoisotopic (exact) mass is 562 g/mol. The van der Waals surface area contributed by atoms with E-state index in [9.17, 15) is 23.2 Å². The molecule has 1 aliphatic heterocycles. The molecule has 0 aromatic heterocycles. The molecule has 0 fully saturated rings. The summed E-state index contributed by atoms with van der Waals surface area (Å²) >= 11 is 0. The first-order chi connectivity index (χ1) is 19.6. The maximum atomic E-state index is 13.6. The molecule has 0 spiro atoms. The molecular formula is C33H36F2N2O4. The van der Waals surface area contributed by atoms with Crippen LogP contribution >= 0.6 is 0 Å². The average molecular weight is 563 g/mol. The molecule has 1 amide bonds. The summed E-state index contributed by atoms with van der Waals surface area (Å²) in [5.41, 5.74) is 8.84. The van der Waals surface area contributed by atoms with Crippen LogP contribution < -0.4 is 15.8 Å². The minimum absolute atomic E-state index is 0.0932. The Morgan fingerprint density at radius 2 is 1.56 bits per heavy atom. The number of nitrogens with one attached hydrogen (secondary N) is 1. The van der Waals surface area contributed by atoms with Gasteiger partial charge < -0.3 is 15.8 Å². The molecule has 1 aliphatic rings. The van der Waals surface area contributed by atoms with Crippen LogP contribution in [-0.2, 0) is 33.6 Å². The van der Waals surface area contributed by atoms with Gasteiger partial charge in [-0.2, -0.15) is 0 Å². The number of fused-ring (bicyclic) bond motifs is 4. The van der Waals surface area contributed by atoms with E-state index in [2.05, 4.69) is 5.32 Å². The van der Waals surface area contributed by atoms with Gasteiger partial charge in [-0.05, 0) is 73.6 Å². The van der Waals surface area contributed by atoms with Crippen molar-refractivity contribution >= 4 is 17.5 Å². The van der Waals surface area contributed by atoms with Crippen molar-refractivity contribution in [2.75, 3.05) is 0 Å². The number of ether oxygens (including phenoxy) is 1. The van der Waals surface area contributed by atoms with Gasteiger partial charge in [0.15, 0.2) is 11.6 Å². The van der Waals surface area contributed by atoms with Crippen LogP contribution in [0.1, 0.15) is 49.3 Å². The van der Waals surface area contributed by atoms with Crippen LogP contribution in [0, 0.1) is 5.92 Å². The van der Waals surface area contributed by atoms with Gasteiger partial charge in [0.1, 0.15) is 11.5 Å². The summed E-state index contributed by atoms with van der Waals surface area (Å²) in [7, 11) is 0. The van der Waals surface area contributed by atoms with Gasteiger partial charge in [0.2, 0.25) is 11.8 Å². The number of benzene rings is 3. The van der Waals surface area contributed by atoms with E-state index in [-0.39, 0.29) is 25.0 Å². The molecule has 216 valence electrons. The quantitative estimate of drug-likeness (QED) is 0.391. The third kappa shape index (κ3) is 9.32. The summed E-state index contributed by atoms with van der Waals surface area (Å²) in [6, 6.07) is 22.1. The van der Waals surface area contributed by atoms with Gasteiger partial charge in [0.05, 0.1) is 12.1 Å². The molecular weight excluding hydrogens is 526 g/mol. The summed E-state index contributed by atoms with van der Waals surface area (Å²) in [6.45, 7) is 0.766. The first-order valence-electron chi connectivity index (χ1n) is 13.9.